The van der Waals surface area contributed by atoms with Crippen LogP contribution in [0, 0.1) is 17.0 Å². The molecule has 0 saturated carbocycles. The fourth-order valence-electron chi connectivity index (χ4n) is 3.15. The number of ether oxygens (including phenoxy) is 3. The largest absolute Gasteiger partial charge is 0.497 e. The van der Waals surface area contributed by atoms with Crippen molar-refractivity contribution in [3.05, 3.63) is 82.4 Å². The van der Waals surface area contributed by atoms with Gasteiger partial charge in [-0.1, -0.05) is 18.2 Å². The third-order valence-corrected chi connectivity index (χ3v) is 5.05. The summed E-state index contributed by atoms with van der Waals surface area (Å²) in [4.78, 5) is 46.7. The van der Waals surface area contributed by atoms with Crippen LogP contribution in [0.2, 0.25) is 0 Å². The highest BCUT2D eigenvalue weighted by Gasteiger charge is 2.18. The molecule has 192 valence electrons. The molecule has 11 heteroatoms. The molecule has 0 unspecified atom stereocenters. The van der Waals surface area contributed by atoms with Gasteiger partial charge < -0.3 is 24.8 Å². The molecule has 0 saturated heterocycles. The van der Waals surface area contributed by atoms with E-state index in [2.05, 4.69) is 10.6 Å². The van der Waals surface area contributed by atoms with Gasteiger partial charge in [0.2, 0.25) is 5.91 Å². The third-order valence-electron chi connectivity index (χ3n) is 5.05. The van der Waals surface area contributed by atoms with Crippen molar-refractivity contribution in [2.75, 3.05) is 24.4 Å². The number of hydrogen-bond donors (Lipinski definition) is 2. The number of hydrogen-bond acceptors (Lipinski definition) is 8. The molecule has 3 aromatic carbocycles. The summed E-state index contributed by atoms with van der Waals surface area (Å²) in [5, 5.41) is 16.1. The Morgan fingerprint density at radius 1 is 0.892 bits per heavy atom. The van der Waals surface area contributed by atoms with Crippen molar-refractivity contribution in [1.82, 2.24) is 0 Å². The lowest BCUT2D eigenvalue weighted by Gasteiger charge is -2.10. The minimum absolute atomic E-state index is 0.0971. The second kappa shape index (κ2) is 12.7. The maximum absolute atomic E-state index is 12.2. The van der Waals surface area contributed by atoms with E-state index in [0.29, 0.717) is 17.2 Å². The predicted molar refractivity (Wildman–Crippen MR) is 135 cm³/mol. The lowest BCUT2D eigenvalue weighted by Crippen LogP contribution is -2.22. The van der Waals surface area contributed by atoms with Gasteiger partial charge in [0, 0.05) is 24.2 Å². The Bertz CT molecular complexity index is 1290. The summed E-state index contributed by atoms with van der Waals surface area (Å²) in [6, 6.07) is 18.2. The molecule has 0 fully saturated rings. The Labute approximate surface area is 212 Å². The summed E-state index contributed by atoms with van der Waals surface area (Å²) in [6.45, 7) is 1.27. The molecule has 0 heterocycles. The molecule has 0 radical (unpaired) electrons. The van der Waals surface area contributed by atoms with Gasteiger partial charge in [-0.2, -0.15) is 0 Å². The van der Waals surface area contributed by atoms with Crippen LogP contribution in [0.15, 0.2) is 66.7 Å². The van der Waals surface area contributed by atoms with Crippen LogP contribution in [0.3, 0.4) is 0 Å². The van der Waals surface area contributed by atoms with Gasteiger partial charge in [0.05, 0.1) is 18.5 Å². The summed E-state index contributed by atoms with van der Waals surface area (Å²) in [5.41, 5.74) is 1.08. The number of anilines is 2. The molecule has 2 N–H and O–H groups in total. The Morgan fingerprint density at radius 3 is 2.27 bits per heavy atom. The van der Waals surface area contributed by atoms with Gasteiger partial charge in [-0.15, -0.1) is 0 Å². The number of carbonyl (C=O) groups is 3. The van der Waals surface area contributed by atoms with Crippen LogP contribution in [0.5, 0.6) is 17.2 Å². The van der Waals surface area contributed by atoms with E-state index in [1.165, 1.54) is 25.3 Å². The Morgan fingerprint density at radius 2 is 1.59 bits per heavy atom. The topological polar surface area (TPSA) is 146 Å². The highest BCUT2D eigenvalue weighted by atomic mass is 16.6. The van der Waals surface area contributed by atoms with Crippen LogP contribution in [-0.2, 0) is 19.1 Å². The highest BCUT2D eigenvalue weighted by Crippen LogP contribution is 2.29. The molecule has 0 aliphatic heterocycles. The van der Waals surface area contributed by atoms with Crippen molar-refractivity contribution in [1.29, 1.82) is 0 Å². The standard InChI is InChI=1S/C26H25N3O8/c1-17-5-3-4-6-23(17)37-19-9-7-18(8-10-19)27-24(30)13-14-26(32)36-16-25(31)28-21-15-20(35-2)11-12-22(21)29(33)34/h3-12,15H,13-14,16H2,1-2H3,(H,27,30)(H,28,31). The number of para-hydroxylation sites is 1. The quantitative estimate of drug-likeness (QED) is 0.217. The zero-order chi connectivity index (χ0) is 26.8. The number of carbonyl (C=O) groups excluding carboxylic acids is 3. The number of benzene rings is 3. The van der Waals surface area contributed by atoms with E-state index in [0.717, 1.165) is 11.3 Å². The van der Waals surface area contributed by atoms with Crippen molar-refractivity contribution in [3.63, 3.8) is 0 Å². The van der Waals surface area contributed by atoms with Crippen molar-refractivity contribution >= 4 is 34.8 Å². The molecule has 37 heavy (non-hydrogen) atoms. The Hall–Kier alpha value is -4.93. The molecule has 0 aromatic heterocycles. The first-order valence-corrected chi connectivity index (χ1v) is 11.2. The van der Waals surface area contributed by atoms with Crippen molar-refractivity contribution in [2.24, 2.45) is 0 Å². The molecule has 0 aliphatic carbocycles. The summed E-state index contributed by atoms with van der Waals surface area (Å²) >= 11 is 0. The zero-order valence-electron chi connectivity index (χ0n) is 20.2. The van der Waals surface area contributed by atoms with Gasteiger partial charge in [0.25, 0.3) is 11.6 Å². The normalized spacial score (nSPS) is 10.2. The highest BCUT2D eigenvalue weighted by molar-refractivity contribution is 5.96. The second-order valence-electron chi connectivity index (χ2n) is 7.79. The first-order valence-electron chi connectivity index (χ1n) is 11.2. The van der Waals surface area contributed by atoms with E-state index in [4.69, 9.17) is 14.2 Å². The summed E-state index contributed by atoms with van der Waals surface area (Å²) < 4.78 is 15.7. The monoisotopic (exact) mass is 507 g/mol. The van der Waals surface area contributed by atoms with Crippen molar-refractivity contribution in [2.45, 2.75) is 19.8 Å². The van der Waals surface area contributed by atoms with E-state index >= 15 is 0 Å². The Balaban J connectivity index is 1.42. The zero-order valence-corrected chi connectivity index (χ0v) is 20.2. The number of nitrogens with one attached hydrogen (secondary N) is 2. The molecule has 3 rings (SSSR count). The van der Waals surface area contributed by atoms with Crippen LogP contribution in [0.25, 0.3) is 0 Å². The summed E-state index contributed by atoms with van der Waals surface area (Å²) in [7, 11) is 1.38. The van der Waals surface area contributed by atoms with Gasteiger partial charge in [-0.05, 0) is 48.9 Å². The Kier molecular flexibility index (Phi) is 9.14. The second-order valence-corrected chi connectivity index (χ2v) is 7.79. The lowest BCUT2D eigenvalue weighted by molar-refractivity contribution is -0.383. The number of nitrogens with zero attached hydrogens (tertiary/aromatic N) is 1. The number of methoxy groups -OCH3 is 1. The number of amides is 2. The van der Waals surface area contributed by atoms with Gasteiger partial charge in [0.15, 0.2) is 6.61 Å². The SMILES string of the molecule is COc1ccc([N+](=O)[O-])c(NC(=O)COC(=O)CCC(=O)Nc2ccc(Oc3ccccc3C)cc2)c1. The molecule has 3 aromatic rings. The van der Waals surface area contributed by atoms with Gasteiger partial charge >= 0.3 is 5.97 Å². The molecular weight excluding hydrogens is 482 g/mol. The predicted octanol–water partition coefficient (Wildman–Crippen LogP) is 4.60. The summed E-state index contributed by atoms with van der Waals surface area (Å²) in [5.74, 6) is -0.324. The van der Waals surface area contributed by atoms with E-state index in [9.17, 15) is 24.5 Å². The average molecular weight is 507 g/mol. The molecule has 0 spiro atoms. The van der Waals surface area contributed by atoms with E-state index < -0.39 is 29.3 Å². The maximum atomic E-state index is 12.2. The molecule has 0 bridgehead atoms. The summed E-state index contributed by atoms with van der Waals surface area (Å²) in [6.07, 6.45) is -0.420. The fourth-order valence-corrected chi connectivity index (χ4v) is 3.15. The lowest BCUT2D eigenvalue weighted by atomic mass is 10.2. The van der Waals surface area contributed by atoms with Crippen molar-refractivity contribution < 1.29 is 33.5 Å². The van der Waals surface area contributed by atoms with E-state index in [-0.39, 0.29) is 24.2 Å². The van der Waals surface area contributed by atoms with Gasteiger partial charge in [0.1, 0.15) is 22.9 Å². The minimum Gasteiger partial charge on any atom is -0.497 e. The van der Waals surface area contributed by atoms with Crippen molar-refractivity contribution in [3.8, 4) is 17.2 Å². The van der Waals surface area contributed by atoms with E-state index in [1.807, 2.05) is 31.2 Å². The molecule has 2 amide bonds. The number of rotatable bonds is 11. The number of esters is 1. The molecule has 0 atom stereocenters. The van der Waals surface area contributed by atoms with E-state index in [1.54, 1.807) is 24.3 Å². The maximum Gasteiger partial charge on any atom is 0.306 e. The van der Waals surface area contributed by atoms with Gasteiger partial charge in [-0.3, -0.25) is 24.5 Å². The fraction of sp³-hybridized carbons (Fsp3) is 0.192. The first kappa shape index (κ1) is 26.7. The van der Waals surface area contributed by atoms with Crippen LogP contribution in [0.1, 0.15) is 18.4 Å². The molecule has 11 nitrogen and oxygen atoms in total. The number of nitro benzene ring substituents is 1. The first-order chi connectivity index (χ1) is 17.7. The van der Waals surface area contributed by atoms with Crippen LogP contribution in [-0.4, -0.2) is 36.4 Å². The van der Waals surface area contributed by atoms with Gasteiger partial charge in [-0.25, -0.2) is 0 Å². The minimum atomic E-state index is -0.776. The number of nitro groups is 1. The number of aryl methyl sites for hydroxylation is 1. The molecule has 0 aliphatic rings. The third kappa shape index (κ3) is 8.06. The van der Waals surface area contributed by atoms with Crippen LogP contribution >= 0.6 is 0 Å². The molecular formula is C26H25N3O8. The van der Waals surface area contributed by atoms with Crippen LogP contribution < -0.4 is 20.1 Å². The van der Waals surface area contributed by atoms with Crippen LogP contribution in [0.4, 0.5) is 17.1 Å². The smallest absolute Gasteiger partial charge is 0.306 e. The average Bonchev–Trinajstić information content (AvgIpc) is 2.88.